The van der Waals surface area contributed by atoms with E-state index in [9.17, 15) is 18.0 Å². The number of nitrogens with one attached hydrogen (secondary N) is 1. The van der Waals surface area contributed by atoms with E-state index in [0.29, 0.717) is 12.0 Å². The van der Waals surface area contributed by atoms with E-state index in [1.807, 2.05) is 6.26 Å². The van der Waals surface area contributed by atoms with E-state index in [-0.39, 0.29) is 24.0 Å². The van der Waals surface area contributed by atoms with E-state index in [4.69, 9.17) is 15.2 Å². The number of thioether (sulfide) groups is 1. The van der Waals surface area contributed by atoms with Crippen molar-refractivity contribution in [1.29, 1.82) is 0 Å². The molecule has 9 heteroatoms. The monoisotopic (exact) mass is 366 g/mol. The number of rotatable bonds is 9. The maximum Gasteiger partial charge on any atom is 0.422 e. The summed E-state index contributed by atoms with van der Waals surface area (Å²) in [7, 11) is 1.33. The first kappa shape index (κ1) is 20.4. The number of hydrogen-bond acceptors (Lipinski definition) is 5. The van der Waals surface area contributed by atoms with Crippen LogP contribution in [-0.2, 0) is 11.3 Å². The Kier molecular flexibility index (Phi) is 8.20. The maximum absolute atomic E-state index is 12.2. The van der Waals surface area contributed by atoms with Gasteiger partial charge in [-0.2, -0.15) is 24.9 Å². The Morgan fingerprint density at radius 1 is 1.38 bits per heavy atom. The fourth-order valence-electron chi connectivity index (χ4n) is 1.80. The lowest BCUT2D eigenvalue weighted by molar-refractivity contribution is -0.153. The second-order valence-electron chi connectivity index (χ2n) is 4.99. The number of hydrogen-bond donors (Lipinski definition) is 2. The Balaban J connectivity index is 2.62. The quantitative estimate of drug-likeness (QED) is 0.702. The molecule has 0 heterocycles. The topological polar surface area (TPSA) is 73.6 Å². The first-order valence-corrected chi connectivity index (χ1v) is 8.55. The maximum atomic E-state index is 12.2. The summed E-state index contributed by atoms with van der Waals surface area (Å²) in [5, 5.41) is 2.69. The van der Waals surface area contributed by atoms with Gasteiger partial charge in [-0.3, -0.25) is 4.79 Å². The van der Waals surface area contributed by atoms with Gasteiger partial charge >= 0.3 is 6.18 Å². The van der Waals surface area contributed by atoms with Crippen LogP contribution in [0.4, 0.5) is 13.2 Å². The lowest BCUT2D eigenvalue weighted by Gasteiger charge is -2.15. The van der Waals surface area contributed by atoms with Crippen molar-refractivity contribution in [3.63, 3.8) is 0 Å². The molecule has 0 radical (unpaired) electrons. The van der Waals surface area contributed by atoms with Gasteiger partial charge in [0.2, 0.25) is 5.91 Å². The third-order valence-corrected chi connectivity index (χ3v) is 3.70. The molecule has 0 fully saturated rings. The summed E-state index contributed by atoms with van der Waals surface area (Å²) in [6.45, 7) is -1.20. The highest BCUT2D eigenvalue weighted by atomic mass is 32.2. The van der Waals surface area contributed by atoms with E-state index in [2.05, 4.69) is 5.32 Å². The number of methoxy groups -OCH3 is 1. The summed E-state index contributed by atoms with van der Waals surface area (Å²) >= 11 is 1.60. The molecule has 3 N–H and O–H groups in total. The molecule has 0 saturated heterocycles. The fourth-order valence-corrected chi connectivity index (χ4v) is 2.29. The van der Waals surface area contributed by atoms with Gasteiger partial charge in [-0.25, -0.2) is 0 Å². The molecule has 5 nitrogen and oxygen atoms in total. The highest BCUT2D eigenvalue weighted by Gasteiger charge is 2.29. The molecule has 0 bridgehead atoms. The van der Waals surface area contributed by atoms with Crippen LogP contribution in [0.15, 0.2) is 18.2 Å². The van der Waals surface area contributed by atoms with Crippen LogP contribution in [0.3, 0.4) is 0 Å². The zero-order valence-electron chi connectivity index (χ0n) is 13.5. The molecule has 0 aliphatic carbocycles. The number of carbonyl (C=O) groups is 1. The van der Waals surface area contributed by atoms with Gasteiger partial charge in [0.1, 0.15) is 0 Å². The van der Waals surface area contributed by atoms with Crippen molar-refractivity contribution >= 4 is 17.7 Å². The summed E-state index contributed by atoms with van der Waals surface area (Å²) < 4.78 is 46.3. The molecule has 136 valence electrons. The molecule has 1 aromatic rings. The number of nitrogens with two attached hydrogens (primary N) is 1. The normalized spacial score (nSPS) is 12.6. The molecule has 0 aliphatic heterocycles. The summed E-state index contributed by atoms with van der Waals surface area (Å²) in [5.41, 5.74) is 6.41. The summed E-state index contributed by atoms with van der Waals surface area (Å²) in [6.07, 6.45) is -1.93. The lowest BCUT2D eigenvalue weighted by Crippen LogP contribution is -2.40. The highest BCUT2D eigenvalue weighted by Crippen LogP contribution is 2.29. The minimum atomic E-state index is -4.43. The van der Waals surface area contributed by atoms with Gasteiger partial charge in [0.25, 0.3) is 0 Å². The number of carbonyl (C=O) groups excluding carboxylic acids is 1. The van der Waals surface area contributed by atoms with Crippen molar-refractivity contribution in [1.82, 2.24) is 5.32 Å². The fraction of sp³-hybridized carbons (Fsp3) is 0.533. The predicted molar refractivity (Wildman–Crippen MR) is 87.4 cm³/mol. The van der Waals surface area contributed by atoms with Gasteiger partial charge in [0.05, 0.1) is 13.2 Å². The number of alkyl halides is 3. The van der Waals surface area contributed by atoms with Gasteiger partial charge in [-0.15, -0.1) is 0 Å². The van der Waals surface area contributed by atoms with Gasteiger partial charge in [0.15, 0.2) is 18.1 Å². The Morgan fingerprint density at radius 3 is 2.67 bits per heavy atom. The molecule has 1 aromatic carbocycles. The van der Waals surface area contributed by atoms with E-state index < -0.39 is 18.8 Å². The van der Waals surface area contributed by atoms with E-state index in [1.54, 1.807) is 17.8 Å². The average molecular weight is 366 g/mol. The van der Waals surface area contributed by atoms with E-state index >= 15 is 0 Å². The second-order valence-corrected chi connectivity index (χ2v) is 5.98. The van der Waals surface area contributed by atoms with Crippen LogP contribution in [0.25, 0.3) is 0 Å². The summed E-state index contributed by atoms with van der Waals surface area (Å²) in [4.78, 5) is 11.8. The van der Waals surface area contributed by atoms with Crippen molar-refractivity contribution in [2.24, 2.45) is 5.73 Å². The Hall–Kier alpha value is -1.61. The minimum Gasteiger partial charge on any atom is -0.493 e. The van der Waals surface area contributed by atoms with Crippen LogP contribution in [0.2, 0.25) is 0 Å². The van der Waals surface area contributed by atoms with Crippen LogP contribution in [0.1, 0.15) is 12.0 Å². The molecule has 0 aromatic heterocycles. The van der Waals surface area contributed by atoms with Crippen LogP contribution in [0, 0.1) is 0 Å². The zero-order valence-corrected chi connectivity index (χ0v) is 14.3. The number of benzene rings is 1. The van der Waals surface area contributed by atoms with Crippen molar-refractivity contribution in [3.05, 3.63) is 23.8 Å². The third-order valence-electron chi connectivity index (χ3n) is 3.06. The number of amides is 1. The first-order chi connectivity index (χ1) is 11.3. The Bertz CT molecular complexity index is 541. The molecule has 1 rings (SSSR count). The number of ether oxygens (including phenoxy) is 2. The molecular weight excluding hydrogens is 345 g/mol. The largest absolute Gasteiger partial charge is 0.493 e. The van der Waals surface area contributed by atoms with Crippen molar-refractivity contribution in [2.75, 3.05) is 25.7 Å². The van der Waals surface area contributed by atoms with Crippen LogP contribution >= 0.6 is 11.8 Å². The van der Waals surface area contributed by atoms with E-state index in [0.717, 1.165) is 5.75 Å². The molecule has 0 saturated carbocycles. The van der Waals surface area contributed by atoms with Gasteiger partial charge in [-0.05, 0) is 36.1 Å². The highest BCUT2D eigenvalue weighted by molar-refractivity contribution is 7.98. The molecule has 0 aliphatic rings. The molecule has 24 heavy (non-hydrogen) atoms. The molecular formula is C15H21F3N2O3S. The smallest absolute Gasteiger partial charge is 0.422 e. The van der Waals surface area contributed by atoms with Gasteiger partial charge in [-0.1, -0.05) is 6.07 Å². The van der Waals surface area contributed by atoms with Gasteiger partial charge < -0.3 is 20.5 Å². The van der Waals surface area contributed by atoms with Crippen molar-refractivity contribution in [3.8, 4) is 11.5 Å². The second kappa shape index (κ2) is 9.63. The Morgan fingerprint density at radius 2 is 2.08 bits per heavy atom. The standard InChI is InChI=1S/C15H21F3N2O3S/c1-22-13-7-10(3-4-12(13)23-9-15(16,17)18)8-20-14(21)11(19)5-6-24-2/h3-4,7,11H,5-6,8-9,19H2,1-2H3,(H,20,21)/t11-/m0/s1. The first-order valence-electron chi connectivity index (χ1n) is 7.15. The number of halogens is 3. The van der Waals surface area contributed by atoms with Gasteiger partial charge in [0, 0.05) is 6.54 Å². The van der Waals surface area contributed by atoms with Crippen molar-refractivity contribution in [2.45, 2.75) is 25.2 Å². The molecule has 0 spiro atoms. The SMILES string of the molecule is COc1cc(CNC(=O)[C@@H](N)CCSC)ccc1OCC(F)(F)F. The Labute approximate surface area is 143 Å². The average Bonchev–Trinajstić information content (AvgIpc) is 2.54. The van der Waals surface area contributed by atoms with Crippen molar-refractivity contribution < 1.29 is 27.4 Å². The summed E-state index contributed by atoms with van der Waals surface area (Å²) in [5.74, 6) is 0.660. The van der Waals surface area contributed by atoms with Crippen LogP contribution in [-0.4, -0.2) is 43.9 Å². The molecule has 0 unspecified atom stereocenters. The minimum absolute atomic E-state index is 0.0124. The van der Waals surface area contributed by atoms with Crippen LogP contribution < -0.4 is 20.5 Å². The third kappa shape index (κ3) is 7.31. The molecule has 1 amide bonds. The summed E-state index contributed by atoms with van der Waals surface area (Å²) in [6, 6.07) is 3.86. The van der Waals surface area contributed by atoms with Crippen LogP contribution in [0.5, 0.6) is 11.5 Å². The molecule has 1 atom stereocenters. The zero-order chi connectivity index (χ0) is 18.2. The van der Waals surface area contributed by atoms with E-state index in [1.165, 1.54) is 19.2 Å². The predicted octanol–water partition coefficient (Wildman–Crippen LogP) is 2.33. The lowest BCUT2D eigenvalue weighted by atomic mass is 10.2.